The lowest BCUT2D eigenvalue weighted by Gasteiger charge is -2.13. The molecular formula is C20H17F2NO. The molecule has 0 amide bonds. The van der Waals surface area contributed by atoms with Gasteiger partial charge in [0.15, 0.2) is 11.7 Å². The molecule has 24 heavy (non-hydrogen) atoms. The number of ether oxygens (including phenoxy) is 1. The minimum Gasteiger partial charge on any atom is -0.497 e. The van der Waals surface area contributed by atoms with Crippen LogP contribution in [0.2, 0.25) is 0 Å². The average Bonchev–Trinajstić information content (AvgIpc) is 2.63. The smallest absolute Gasteiger partial charge is 0.184 e. The number of methoxy groups -OCH3 is 1. The minimum atomic E-state index is -0.924. The van der Waals surface area contributed by atoms with Gasteiger partial charge in [-0.3, -0.25) is 0 Å². The van der Waals surface area contributed by atoms with Crippen molar-refractivity contribution in [2.24, 2.45) is 4.99 Å². The maximum absolute atomic E-state index is 14.5. The Balaban J connectivity index is 2.09. The zero-order valence-corrected chi connectivity index (χ0v) is 13.3. The van der Waals surface area contributed by atoms with Gasteiger partial charge in [-0.25, -0.2) is 13.8 Å². The normalized spacial score (nSPS) is 20.5. The molecule has 0 saturated heterocycles. The van der Waals surface area contributed by atoms with E-state index in [1.165, 1.54) is 6.08 Å². The van der Waals surface area contributed by atoms with Gasteiger partial charge in [0, 0.05) is 11.3 Å². The maximum Gasteiger partial charge on any atom is 0.184 e. The predicted octanol–water partition coefficient (Wildman–Crippen LogP) is 5.47. The van der Waals surface area contributed by atoms with Crippen LogP contribution in [0, 0.1) is 0 Å². The zero-order valence-electron chi connectivity index (χ0n) is 13.3. The van der Waals surface area contributed by atoms with Crippen LogP contribution < -0.4 is 4.74 Å². The Kier molecular flexibility index (Phi) is 4.85. The first-order valence-corrected chi connectivity index (χ1v) is 7.72. The van der Waals surface area contributed by atoms with E-state index in [1.54, 1.807) is 31.4 Å². The van der Waals surface area contributed by atoms with Crippen LogP contribution in [0.1, 0.15) is 24.0 Å². The van der Waals surface area contributed by atoms with E-state index in [4.69, 9.17) is 4.74 Å². The second-order valence-electron chi connectivity index (χ2n) is 5.41. The Morgan fingerprint density at radius 2 is 1.62 bits per heavy atom. The first-order chi connectivity index (χ1) is 11.7. The quantitative estimate of drug-likeness (QED) is 0.733. The number of hydrogen-bond acceptors (Lipinski definition) is 2. The van der Waals surface area contributed by atoms with Crippen LogP contribution in [0.3, 0.4) is 0 Å². The van der Waals surface area contributed by atoms with Crippen molar-refractivity contribution in [2.45, 2.75) is 12.8 Å². The van der Waals surface area contributed by atoms with Gasteiger partial charge in [-0.15, -0.1) is 0 Å². The fraction of sp³-hybridized carbons (Fsp3) is 0.150. The summed E-state index contributed by atoms with van der Waals surface area (Å²) in [5.74, 6) is -1.04. The lowest BCUT2D eigenvalue weighted by molar-refractivity contribution is 0.415. The Morgan fingerprint density at radius 3 is 2.29 bits per heavy atom. The number of rotatable bonds is 3. The van der Waals surface area contributed by atoms with E-state index in [1.807, 2.05) is 30.3 Å². The van der Waals surface area contributed by atoms with Gasteiger partial charge < -0.3 is 4.74 Å². The van der Waals surface area contributed by atoms with E-state index in [0.29, 0.717) is 18.4 Å². The van der Waals surface area contributed by atoms with Gasteiger partial charge in [-0.2, -0.15) is 0 Å². The summed E-state index contributed by atoms with van der Waals surface area (Å²) in [5.41, 5.74) is 2.16. The van der Waals surface area contributed by atoms with Crippen molar-refractivity contribution in [2.75, 3.05) is 7.11 Å². The lowest BCUT2D eigenvalue weighted by Crippen LogP contribution is -2.04. The summed E-state index contributed by atoms with van der Waals surface area (Å²) in [6.07, 6.45) is 2.20. The molecule has 122 valence electrons. The van der Waals surface area contributed by atoms with Crippen LogP contribution in [0.15, 0.2) is 77.3 Å². The molecule has 0 aromatic heterocycles. The number of halogens is 2. The van der Waals surface area contributed by atoms with Gasteiger partial charge in [-0.1, -0.05) is 30.3 Å². The van der Waals surface area contributed by atoms with Gasteiger partial charge in [-0.05, 0) is 48.7 Å². The molecule has 0 aliphatic carbocycles. The van der Waals surface area contributed by atoms with Crippen molar-refractivity contribution >= 4 is 11.4 Å². The molecule has 0 radical (unpaired) electrons. The second-order valence-corrected chi connectivity index (χ2v) is 5.41. The van der Waals surface area contributed by atoms with E-state index < -0.39 is 11.7 Å². The summed E-state index contributed by atoms with van der Waals surface area (Å²) >= 11 is 0. The second kappa shape index (κ2) is 7.21. The van der Waals surface area contributed by atoms with Crippen LogP contribution in [0.25, 0.3) is 5.70 Å². The van der Waals surface area contributed by atoms with Gasteiger partial charge >= 0.3 is 0 Å². The first kappa shape index (κ1) is 16.1. The summed E-state index contributed by atoms with van der Waals surface area (Å²) in [7, 11) is 1.60. The van der Waals surface area contributed by atoms with Gasteiger partial charge in [0.05, 0.1) is 7.11 Å². The fourth-order valence-electron chi connectivity index (χ4n) is 2.56. The lowest BCUT2D eigenvalue weighted by atomic mass is 10.0. The van der Waals surface area contributed by atoms with E-state index >= 15 is 0 Å². The monoisotopic (exact) mass is 325 g/mol. The Labute approximate surface area is 139 Å². The summed E-state index contributed by atoms with van der Waals surface area (Å²) < 4.78 is 33.6. The van der Waals surface area contributed by atoms with Crippen LogP contribution in [-0.2, 0) is 0 Å². The van der Waals surface area contributed by atoms with Crippen molar-refractivity contribution in [1.82, 2.24) is 0 Å². The molecular weight excluding hydrogens is 308 g/mol. The molecule has 4 heteroatoms. The third-order valence-electron chi connectivity index (χ3n) is 3.84. The van der Waals surface area contributed by atoms with Crippen molar-refractivity contribution in [3.63, 3.8) is 0 Å². The molecule has 2 nitrogen and oxygen atoms in total. The molecule has 1 aliphatic rings. The Bertz CT molecular complexity index is 805. The van der Waals surface area contributed by atoms with E-state index in [2.05, 4.69) is 4.99 Å². The van der Waals surface area contributed by atoms with Crippen molar-refractivity contribution < 1.29 is 13.5 Å². The maximum atomic E-state index is 14.5. The molecule has 0 unspecified atom stereocenters. The Morgan fingerprint density at radius 1 is 0.917 bits per heavy atom. The minimum absolute atomic E-state index is 0.0230. The SMILES string of the molecule is COc1ccc(C2=N/C(c3ccccc3)=C(F)\C(F)=C/CC2)cc1. The van der Waals surface area contributed by atoms with E-state index in [0.717, 1.165) is 17.0 Å². The first-order valence-electron chi connectivity index (χ1n) is 7.72. The average molecular weight is 325 g/mol. The highest BCUT2D eigenvalue weighted by Gasteiger charge is 2.17. The highest BCUT2D eigenvalue weighted by molar-refractivity contribution is 6.04. The molecule has 0 spiro atoms. The third kappa shape index (κ3) is 3.43. The van der Waals surface area contributed by atoms with Gasteiger partial charge in [0.1, 0.15) is 11.4 Å². The fourth-order valence-corrected chi connectivity index (χ4v) is 2.56. The molecule has 0 saturated carbocycles. The van der Waals surface area contributed by atoms with Gasteiger partial charge in [0.2, 0.25) is 0 Å². The van der Waals surface area contributed by atoms with Crippen molar-refractivity contribution in [3.8, 4) is 5.75 Å². The molecule has 0 bridgehead atoms. The number of aliphatic imine (C=N–C) groups is 1. The Hall–Kier alpha value is -2.75. The summed E-state index contributed by atoms with van der Waals surface area (Å²) in [6, 6.07) is 16.2. The molecule has 1 aliphatic heterocycles. The number of benzene rings is 2. The van der Waals surface area contributed by atoms with Crippen LogP contribution in [0.4, 0.5) is 8.78 Å². The number of hydrogen-bond donors (Lipinski definition) is 0. The van der Waals surface area contributed by atoms with Crippen molar-refractivity contribution in [1.29, 1.82) is 0 Å². The zero-order chi connectivity index (χ0) is 16.9. The van der Waals surface area contributed by atoms with Gasteiger partial charge in [0.25, 0.3) is 0 Å². The predicted molar refractivity (Wildman–Crippen MR) is 92.4 cm³/mol. The topological polar surface area (TPSA) is 21.6 Å². The molecule has 0 atom stereocenters. The summed E-state index contributed by atoms with van der Waals surface area (Å²) in [4.78, 5) is 4.46. The molecule has 0 fully saturated rings. The highest BCUT2D eigenvalue weighted by atomic mass is 19.2. The largest absolute Gasteiger partial charge is 0.497 e. The number of nitrogens with zero attached hydrogens (tertiary/aromatic N) is 1. The molecule has 3 rings (SSSR count). The molecule has 2 aromatic carbocycles. The highest BCUT2D eigenvalue weighted by Crippen LogP contribution is 2.30. The molecule has 0 N–H and O–H groups in total. The van der Waals surface area contributed by atoms with Crippen LogP contribution >= 0.6 is 0 Å². The van der Waals surface area contributed by atoms with Crippen LogP contribution in [0.5, 0.6) is 5.75 Å². The number of allylic oxidation sites excluding steroid dienone is 3. The molecule has 1 heterocycles. The van der Waals surface area contributed by atoms with E-state index in [-0.39, 0.29) is 5.70 Å². The standard InChI is InChI=1S/C20H17F2NO/c1-24-16-12-10-14(11-13-16)18-9-5-8-17(21)19(22)20(23-18)15-6-3-2-4-7-15/h2-4,6-8,10-13H,5,9H2,1H3/b17-8+,20-19+,23-18?. The van der Waals surface area contributed by atoms with Crippen LogP contribution in [-0.4, -0.2) is 12.8 Å². The van der Waals surface area contributed by atoms with Crippen molar-refractivity contribution in [3.05, 3.63) is 83.5 Å². The third-order valence-corrected chi connectivity index (χ3v) is 3.84. The molecule has 2 aromatic rings. The summed E-state index contributed by atoms with van der Waals surface area (Å²) in [6.45, 7) is 0. The summed E-state index contributed by atoms with van der Waals surface area (Å²) in [5, 5.41) is 0. The van der Waals surface area contributed by atoms with E-state index in [9.17, 15) is 8.78 Å².